The lowest BCUT2D eigenvalue weighted by molar-refractivity contribution is 0.594. The Labute approximate surface area is 160 Å². The van der Waals surface area contributed by atoms with Gasteiger partial charge < -0.3 is 5.32 Å². The molecular formula is C24H25N3. The Balaban J connectivity index is 1.91. The molecule has 1 atom stereocenters. The van der Waals surface area contributed by atoms with Crippen LogP contribution in [0.1, 0.15) is 20.3 Å². The van der Waals surface area contributed by atoms with E-state index in [0.29, 0.717) is 5.92 Å². The average molecular weight is 355 g/mol. The van der Waals surface area contributed by atoms with Crippen LogP contribution in [0.15, 0.2) is 78.9 Å². The third-order valence-electron chi connectivity index (χ3n) is 5.09. The van der Waals surface area contributed by atoms with Gasteiger partial charge in [-0.05, 0) is 30.2 Å². The second-order valence-corrected chi connectivity index (χ2v) is 7.06. The molecule has 0 spiro atoms. The second-order valence-electron chi connectivity index (χ2n) is 7.06. The van der Waals surface area contributed by atoms with Crippen LogP contribution in [0.4, 0.5) is 5.69 Å². The third kappa shape index (κ3) is 3.45. The number of fused-ring (bicyclic) bond motifs is 1. The van der Waals surface area contributed by atoms with E-state index in [1.807, 2.05) is 16.8 Å². The van der Waals surface area contributed by atoms with Crippen molar-refractivity contribution in [2.24, 2.45) is 5.92 Å². The monoisotopic (exact) mass is 355 g/mol. The summed E-state index contributed by atoms with van der Waals surface area (Å²) >= 11 is 0. The topological polar surface area (TPSA) is 29.9 Å². The molecule has 1 aromatic heterocycles. The van der Waals surface area contributed by atoms with Crippen molar-refractivity contribution < 1.29 is 0 Å². The molecule has 3 nitrogen and oxygen atoms in total. The van der Waals surface area contributed by atoms with Gasteiger partial charge in [0, 0.05) is 17.8 Å². The maximum Gasteiger partial charge on any atom is 0.103 e. The summed E-state index contributed by atoms with van der Waals surface area (Å²) in [6.45, 7) is 5.47. The van der Waals surface area contributed by atoms with E-state index in [2.05, 4.69) is 85.9 Å². The highest BCUT2D eigenvalue weighted by molar-refractivity contribution is 6.03. The Bertz CT molecular complexity index is 1020. The summed E-state index contributed by atoms with van der Waals surface area (Å²) in [5.41, 5.74) is 5.49. The van der Waals surface area contributed by atoms with Gasteiger partial charge in [-0.2, -0.15) is 5.10 Å². The average Bonchev–Trinajstić information content (AvgIpc) is 3.13. The third-order valence-corrected chi connectivity index (χ3v) is 5.09. The van der Waals surface area contributed by atoms with Gasteiger partial charge >= 0.3 is 0 Å². The van der Waals surface area contributed by atoms with Crippen molar-refractivity contribution in [3.8, 4) is 16.9 Å². The lowest BCUT2D eigenvalue weighted by Gasteiger charge is -2.13. The molecule has 0 aliphatic rings. The molecule has 4 aromatic rings. The lowest BCUT2D eigenvalue weighted by atomic mass is 10.1. The highest BCUT2D eigenvalue weighted by Gasteiger charge is 2.17. The number of rotatable bonds is 6. The summed E-state index contributed by atoms with van der Waals surface area (Å²) in [5.74, 6) is 0.629. The first kappa shape index (κ1) is 17.3. The first-order valence-corrected chi connectivity index (χ1v) is 9.64. The minimum Gasteiger partial charge on any atom is -0.384 e. The van der Waals surface area contributed by atoms with Crippen molar-refractivity contribution in [2.45, 2.75) is 20.3 Å². The molecule has 3 aromatic carbocycles. The zero-order valence-electron chi connectivity index (χ0n) is 15.9. The molecule has 27 heavy (non-hydrogen) atoms. The van der Waals surface area contributed by atoms with E-state index in [9.17, 15) is 0 Å². The molecule has 0 fully saturated rings. The van der Waals surface area contributed by atoms with E-state index in [1.165, 1.54) is 5.39 Å². The predicted molar refractivity (Wildman–Crippen MR) is 114 cm³/mol. The van der Waals surface area contributed by atoms with Gasteiger partial charge in [0.2, 0.25) is 0 Å². The van der Waals surface area contributed by atoms with Crippen LogP contribution in [0.2, 0.25) is 0 Å². The van der Waals surface area contributed by atoms with Crippen LogP contribution in [0.3, 0.4) is 0 Å². The molecule has 1 N–H and O–H groups in total. The molecule has 136 valence electrons. The van der Waals surface area contributed by atoms with Crippen molar-refractivity contribution in [2.75, 3.05) is 11.9 Å². The van der Waals surface area contributed by atoms with Gasteiger partial charge in [-0.15, -0.1) is 0 Å². The lowest BCUT2D eigenvalue weighted by Crippen LogP contribution is -2.10. The number of hydrogen-bond donors (Lipinski definition) is 1. The van der Waals surface area contributed by atoms with Gasteiger partial charge in [0.1, 0.15) is 5.69 Å². The number of nitrogens with one attached hydrogen (secondary N) is 1. The Morgan fingerprint density at radius 3 is 2.30 bits per heavy atom. The molecule has 0 bridgehead atoms. The fourth-order valence-corrected chi connectivity index (χ4v) is 3.31. The Hall–Kier alpha value is -3.07. The minimum atomic E-state index is 0.629. The highest BCUT2D eigenvalue weighted by Crippen LogP contribution is 2.35. The zero-order valence-corrected chi connectivity index (χ0v) is 15.9. The summed E-state index contributed by atoms with van der Waals surface area (Å²) in [7, 11) is 0. The summed E-state index contributed by atoms with van der Waals surface area (Å²) in [4.78, 5) is 0. The Morgan fingerprint density at radius 2 is 1.59 bits per heavy atom. The molecule has 1 heterocycles. The van der Waals surface area contributed by atoms with Gasteiger partial charge in [0.15, 0.2) is 0 Å². The van der Waals surface area contributed by atoms with Crippen molar-refractivity contribution in [1.29, 1.82) is 0 Å². The van der Waals surface area contributed by atoms with E-state index in [-0.39, 0.29) is 0 Å². The van der Waals surface area contributed by atoms with Gasteiger partial charge in [-0.1, -0.05) is 74.9 Å². The van der Waals surface area contributed by atoms with Gasteiger partial charge in [0.05, 0.1) is 16.6 Å². The largest absolute Gasteiger partial charge is 0.384 e. The maximum absolute atomic E-state index is 5.01. The molecular weight excluding hydrogens is 330 g/mol. The second kappa shape index (κ2) is 7.67. The van der Waals surface area contributed by atoms with Crippen molar-refractivity contribution in [1.82, 2.24) is 9.78 Å². The molecule has 3 heteroatoms. The Kier molecular flexibility index (Phi) is 4.93. The molecule has 4 rings (SSSR count). The van der Waals surface area contributed by atoms with Gasteiger partial charge in [-0.3, -0.25) is 0 Å². The van der Waals surface area contributed by atoms with E-state index in [1.54, 1.807) is 0 Å². The normalized spacial score (nSPS) is 12.2. The number of hydrogen-bond acceptors (Lipinski definition) is 2. The standard InChI is InChI=1S/C24H25N3/c1-3-18(2)17-25-21-15-10-16-22-23(21)24(19-11-6-4-7-12-19)26-27(22)20-13-8-5-9-14-20/h4-16,18,25H,3,17H2,1-2H3. The summed E-state index contributed by atoms with van der Waals surface area (Å²) in [5, 5.41) is 9.85. The summed E-state index contributed by atoms with van der Waals surface area (Å²) in [6.07, 6.45) is 1.16. The van der Waals surface area contributed by atoms with Crippen molar-refractivity contribution >= 4 is 16.6 Å². The van der Waals surface area contributed by atoms with E-state index in [0.717, 1.165) is 41.1 Å². The quantitative estimate of drug-likeness (QED) is 0.449. The molecule has 1 unspecified atom stereocenters. The first-order chi connectivity index (χ1) is 13.3. The van der Waals surface area contributed by atoms with Gasteiger partial charge in [-0.25, -0.2) is 4.68 Å². The molecule has 0 aliphatic carbocycles. The molecule has 0 amide bonds. The van der Waals surface area contributed by atoms with Crippen LogP contribution in [0, 0.1) is 5.92 Å². The molecule has 0 radical (unpaired) electrons. The van der Waals surface area contributed by atoms with Crippen molar-refractivity contribution in [3.05, 3.63) is 78.9 Å². The SMILES string of the molecule is CCC(C)CNc1cccc2c1c(-c1ccccc1)nn2-c1ccccc1. The predicted octanol–water partition coefficient (Wildman–Crippen LogP) is 6.15. The number of aromatic nitrogens is 2. The highest BCUT2D eigenvalue weighted by atomic mass is 15.3. The molecule has 0 aliphatic heterocycles. The molecule has 0 saturated heterocycles. The van der Waals surface area contributed by atoms with Crippen molar-refractivity contribution in [3.63, 3.8) is 0 Å². The number of benzene rings is 3. The Morgan fingerprint density at radius 1 is 0.889 bits per heavy atom. The number of anilines is 1. The van der Waals surface area contributed by atoms with Crippen LogP contribution >= 0.6 is 0 Å². The van der Waals surface area contributed by atoms with Gasteiger partial charge in [0.25, 0.3) is 0 Å². The van der Waals surface area contributed by atoms with E-state index in [4.69, 9.17) is 5.10 Å². The first-order valence-electron chi connectivity index (χ1n) is 9.64. The zero-order chi connectivity index (χ0) is 18.6. The number of nitrogens with zero attached hydrogens (tertiary/aromatic N) is 2. The number of para-hydroxylation sites is 1. The van der Waals surface area contributed by atoms with E-state index >= 15 is 0 Å². The van der Waals surface area contributed by atoms with Crippen LogP contribution in [-0.4, -0.2) is 16.3 Å². The maximum atomic E-state index is 5.01. The van der Waals surface area contributed by atoms with Crippen LogP contribution in [0.5, 0.6) is 0 Å². The minimum absolute atomic E-state index is 0.629. The van der Waals surface area contributed by atoms with Crippen LogP contribution in [-0.2, 0) is 0 Å². The van der Waals surface area contributed by atoms with E-state index < -0.39 is 0 Å². The summed E-state index contributed by atoms with van der Waals surface area (Å²) in [6, 6.07) is 27.2. The summed E-state index contributed by atoms with van der Waals surface area (Å²) < 4.78 is 2.05. The van der Waals surface area contributed by atoms with Crippen LogP contribution in [0.25, 0.3) is 27.8 Å². The smallest absolute Gasteiger partial charge is 0.103 e. The van der Waals surface area contributed by atoms with Crippen LogP contribution < -0.4 is 5.32 Å². The fraction of sp³-hybridized carbons (Fsp3) is 0.208. The molecule has 0 saturated carbocycles. The fourth-order valence-electron chi connectivity index (χ4n) is 3.31.